The molecular formula is C21H20N2O6. The molecule has 0 aromatic heterocycles. The molecule has 0 bridgehead atoms. The predicted molar refractivity (Wildman–Crippen MR) is 106 cm³/mol. The summed E-state index contributed by atoms with van der Waals surface area (Å²) < 4.78 is 15.6. The van der Waals surface area contributed by atoms with E-state index in [1.807, 2.05) is 6.07 Å². The van der Waals surface area contributed by atoms with Crippen LogP contribution in [0.25, 0.3) is 6.08 Å². The highest BCUT2D eigenvalue weighted by atomic mass is 16.5. The van der Waals surface area contributed by atoms with Crippen molar-refractivity contribution in [3.63, 3.8) is 0 Å². The quantitative estimate of drug-likeness (QED) is 0.520. The van der Waals surface area contributed by atoms with Gasteiger partial charge in [-0.25, -0.2) is 4.79 Å². The van der Waals surface area contributed by atoms with E-state index in [9.17, 15) is 14.9 Å². The summed E-state index contributed by atoms with van der Waals surface area (Å²) in [5.41, 5.74) is 0.912. The fourth-order valence-corrected chi connectivity index (χ4v) is 2.30. The SMILES string of the molecule is COc1ccc(NC(=O)/C(C#N)=C\c2ccc(O[C@@H](C)C(=O)O)c(OC)c2)cc1. The Morgan fingerprint density at radius 1 is 1.10 bits per heavy atom. The van der Waals surface area contributed by atoms with Crippen LogP contribution in [0, 0.1) is 11.3 Å². The van der Waals surface area contributed by atoms with E-state index in [-0.39, 0.29) is 17.1 Å². The van der Waals surface area contributed by atoms with Crippen molar-refractivity contribution in [1.82, 2.24) is 0 Å². The third kappa shape index (κ3) is 5.74. The molecular weight excluding hydrogens is 376 g/mol. The molecule has 2 aromatic rings. The van der Waals surface area contributed by atoms with Crippen LogP contribution in [0.5, 0.6) is 17.2 Å². The van der Waals surface area contributed by atoms with Crippen LogP contribution in [0.4, 0.5) is 5.69 Å². The van der Waals surface area contributed by atoms with Crippen LogP contribution >= 0.6 is 0 Å². The van der Waals surface area contributed by atoms with Crippen LogP contribution in [0.15, 0.2) is 48.0 Å². The lowest BCUT2D eigenvalue weighted by atomic mass is 10.1. The van der Waals surface area contributed by atoms with Gasteiger partial charge in [0.25, 0.3) is 5.91 Å². The first kappa shape index (κ1) is 21.3. The number of carboxylic acid groups (broad SMARTS) is 1. The summed E-state index contributed by atoms with van der Waals surface area (Å²) in [6.07, 6.45) is 0.335. The molecule has 150 valence electrons. The van der Waals surface area contributed by atoms with Gasteiger partial charge in [-0.2, -0.15) is 5.26 Å². The summed E-state index contributed by atoms with van der Waals surface area (Å²) in [5, 5.41) is 21.0. The number of ether oxygens (including phenoxy) is 3. The maximum Gasteiger partial charge on any atom is 0.344 e. The van der Waals surface area contributed by atoms with Gasteiger partial charge in [-0.3, -0.25) is 4.79 Å². The first-order chi connectivity index (χ1) is 13.9. The number of hydrogen-bond acceptors (Lipinski definition) is 6. The van der Waals surface area contributed by atoms with Crippen LogP contribution in [0.3, 0.4) is 0 Å². The molecule has 0 aliphatic heterocycles. The van der Waals surface area contributed by atoms with Gasteiger partial charge in [0.2, 0.25) is 0 Å². The molecule has 0 saturated carbocycles. The Morgan fingerprint density at radius 3 is 2.34 bits per heavy atom. The number of hydrogen-bond donors (Lipinski definition) is 2. The number of carboxylic acids is 1. The highest BCUT2D eigenvalue weighted by Crippen LogP contribution is 2.30. The molecule has 29 heavy (non-hydrogen) atoms. The predicted octanol–water partition coefficient (Wildman–Crippen LogP) is 3.10. The number of rotatable bonds is 8. The number of aliphatic carboxylic acids is 1. The van der Waals surface area contributed by atoms with Crippen molar-refractivity contribution < 1.29 is 28.9 Å². The molecule has 2 rings (SSSR count). The van der Waals surface area contributed by atoms with E-state index in [4.69, 9.17) is 19.3 Å². The zero-order valence-corrected chi connectivity index (χ0v) is 16.1. The number of carbonyl (C=O) groups is 2. The molecule has 8 nitrogen and oxygen atoms in total. The normalized spacial score (nSPS) is 11.7. The Hall–Kier alpha value is -3.99. The maximum absolute atomic E-state index is 12.4. The number of amides is 1. The van der Waals surface area contributed by atoms with Crippen molar-refractivity contribution in [2.45, 2.75) is 13.0 Å². The topological polar surface area (TPSA) is 118 Å². The Morgan fingerprint density at radius 2 is 1.79 bits per heavy atom. The number of nitrogens with one attached hydrogen (secondary N) is 1. The van der Waals surface area contributed by atoms with Crippen LogP contribution in [-0.4, -0.2) is 37.3 Å². The standard InChI is InChI=1S/C21H20N2O6/c1-13(21(25)26)29-18-9-4-14(11-19(18)28-3)10-15(12-22)20(24)23-16-5-7-17(27-2)8-6-16/h4-11,13H,1-3H3,(H,23,24)(H,25,26)/b15-10-/t13-/m0/s1. The van der Waals surface area contributed by atoms with Crippen molar-refractivity contribution >= 4 is 23.6 Å². The van der Waals surface area contributed by atoms with Crippen LogP contribution in [0.1, 0.15) is 12.5 Å². The number of nitrogens with zero attached hydrogens (tertiary/aromatic N) is 1. The summed E-state index contributed by atoms with van der Waals surface area (Å²) in [6.45, 7) is 1.40. The fraction of sp³-hybridized carbons (Fsp3) is 0.190. The van der Waals surface area contributed by atoms with Crippen molar-refractivity contribution in [1.29, 1.82) is 5.26 Å². The summed E-state index contributed by atoms with van der Waals surface area (Å²) in [4.78, 5) is 23.3. The van der Waals surface area contributed by atoms with E-state index in [0.29, 0.717) is 17.0 Å². The lowest BCUT2D eigenvalue weighted by molar-refractivity contribution is -0.144. The van der Waals surface area contributed by atoms with E-state index in [1.165, 1.54) is 33.3 Å². The van der Waals surface area contributed by atoms with Gasteiger partial charge in [0.1, 0.15) is 17.4 Å². The van der Waals surface area contributed by atoms with Gasteiger partial charge in [0.05, 0.1) is 14.2 Å². The largest absolute Gasteiger partial charge is 0.497 e. The molecule has 0 spiro atoms. The third-order valence-electron chi connectivity index (χ3n) is 3.86. The van der Waals surface area contributed by atoms with Gasteiger partial charge in [0.15, 0.2) is 17.6 Å². The van der Waals surface area contributed by atoms with Gasteiger partial charge in [0, 0.05) is 5.69 Å². The monoisotopic (exact) mass is 396 g/mol. The summed E-state index contributed by atoms with van der Waals surface area (Å²) >= 11 is 0. The lowest BCUT2D eigenvalue weighted by Crippen LogP contribution is -2.23. The Bertz CT molecular complexity index is 960. The molecule has 8 heteroatoms. The number of carbonyl (C=O) groups excluding carboxylic acids is 1. The second-order valence-electron chi connectivity index (χ2n) is 5.86. The molecule has 0 heterocycles. The summed E-state index contributed by atoms with van der Waals surface area (Å²) in [5.74, 6) is -0.527. The molecule has 1 amide bonds. The minimum Gasteiger partial charge on any atom is -0.497 e. The minimum absolute atomic E-state index is 0.115. The first-order valence-corrected chi connectivity index (χ1v) is 8.52. The van der Waals surface area contributed by atoms with E-state index in [1.54, 1.807) is 36.4 Å². The maximum atomic E-state index is 12.4. The first-order valence-electron chi connectivity index (χ1n) is 8.52. The van der Waals surface area contributed by atoms with E-state index in [0.717, 1.165) is 0 Å². The van der Waals surface area contributed by atoms with Crippen molar-refractivity contribution in [2.75, 3.05) is 19.5 Å². The lowest BCUT2D eigenvalue weighted by Gasteiger charge is -2.14. The van der Waals surface area contributed by atoms with Gasteiger partial charge in [-0.05, 0) is 55.0 Å². The molecule has 2 aromatic carbocycles. The molecule has 0 aliphatic rings. The van der Waals surface area contributed by atoms with Crippen molar-refractivity contribution in [3.05, 3.63) is 53.6 Å². The molecule has 0 fully saturated rings. The highest BCUT2D eigenvalue weighted by molar-refractivity contribution is 6.09. The van der Waals surface area contributed by atoms with Crippen molar-refractivity contribution in [3.8, 4) is 23.3 Å². The second kappa shape index (κ2) is 9.80. The van der Waals surface area contributed by atoms with E-state index >= 15 is 0 Å². The molecule has 1 atom stereocenters. The number of benzene rings is 2. The van der Waals surface area contributed by atoms with Gasteiger partial charge < -0.3 is 24.6 Å². The molecule has 2 N–H and O–H groups in total. The zero-order chi connectivity index (χ0) is 21.4. The van der Waals surface area contributed by atoms with Crippen LogP contribution in [-0.2, 0) is 9.59 Å². The average Bonchev–Trinajstić information content (AvgIpc) is 2.73. The summed E-state index contributed by atoms with van der Waals surface area (Å²) in [7, 11) is 2.94. The highest BCUT2D eigenvalue weighted by Gasteiger charge is 2.16. The average molecular weight is 396 g/mol. The zero-order valence-electron chi connectivity index (χ0n) is 16.1. The Kier molecular flexibility index (Phi) is 7.20. The molecule has 0 radical (unpaired) electrons. The second-order valence-corrected chi connectivity index (χ2v) is 5.86. The molecule has 0 saturated heterocycles. The Labute approximate surface area is 167 Å². The minimum atomic E-state index is -1.11. The van der Waals surface area contributed by atoms with Crippen molar-refractivity contribution in [2.24, 2.45) is 0 Å². The number of methoxy groups -OCH3 is 2. The summed E-state index contributed by atoms with van der Waals surface area (Å²) in [6, 6.07) is 13.2. The molecule has 0 aliphatic carbocycles. The number of anilines is 1. The smallest absolute Gasteiger partial charge is 0.344 e. The Balaban J connectivity index is 2.21. The van der Waals surface area contributed by atoms with E-state index < -0.39 is 18.0 Å². The molecule has 0 unspecified atom stereocenters. The third-order valence-corrected chi connectivity index (χ3v) is 3.86. The fourth-order valence-electron chi connectivity index (χ4n) is 2.30. The van der Waals surface area contributed by atoms with Gasteiger partial charge in [-0.15, -0.1) is 0 Å². The number of nitriles is 1. The van der Waals surface area contributed by atoms with Crippen LogP contribution in [0.2, 0.25) is 0 Å². The van der Waals surface area contributed by atoms with Gasteiger partial charge >= 0.3 is 5.97 Å². The van der Waals surface area contributed by atoms with Gasteiger partial charge in [-0.1, -0.05) is 6.07 Å². The van der Waals surface area contributed by atoms with E-state index in [2.05, 4.69) is 5.32 Å². The van der Waals surface area contributed by atoms with Crippen LogP contribution < -0.4 is 19.5 Å².